The summed E-state index contributed by atoms with van der Waals surface area (Å²) in [6.45, 7) is 3.03. The molecule has 116 valence electrons. The van der Waals surface area contributed by atoms with Gasteiger partial charge in [-0.1, -0.05) is 42.5 Å². The van der Waals surface area contributed by atoms with E-state index in [4.69, 9.17) is 5.73 Å². The van der Waals surface area contributed by atoms with Crippen LogP contribution >= 0.6 is 0 Å². The van der Waals surface area contributed by atoms with E-state index in [1.807, 2.05) is 30.3 Å². The Kier molecular flexibility index (Phi) is 4.55. The van der Waals surface area contributed by atoms with Crippen molar-refractivity contribution in [2.75, 3.05) is 19.6 Å². The Balaban J connectivity index is 1.87. The molecule has 0 bridgehead atoms. The van der Waals surface area contributed by atoms with Crippen molar-refractivity contribution >= 4 is 0 Å². The second-order valence-corrected chi connectivity index (χ2v) is 6.31. The molecular weight excluding hydrogens is 275 g/mol. The van der Waals surface area contributed by atoms with Crippen LogP contribution in [0.2, 0.25) is 0 Å². The van der Waals surface area contributed by atoms with Crippen molar-refractivity contribution in [3.05, 3.63) is 71.5 Å². The van der Waals surface area contributed by atoms with Crippen molar-refractivity contribution in [2.24, 2.45) is 5.73 Å². The zero-order valence-electron chi connectivity index (χ0n) is 12.8. The van der Waals surface area contributed by atoms with Gasteiger partial charge in [-0.25, -0.2) is 4.39 Å². The van der Waals surface area contributed by atoms with Gasteiger partial charge in [-0.05, 0) is 55.6 Å². The lowest BCUT2D eigenvalue weighted by Crippen LogP contribution is -2.48. The highest BCUT2D eigenvalue weighted by Gasteiger charge is 2.31. The van der Waals surface area contributed by atoms with E-state index in [9.17, 15) is 4.39 Å². The van der Waals surface area contributed by atoms with Crippen molar-refractivity contribution < 1.29 is 4.39 Å². The second-order valence-electron chi connectivity index (χ2n) is 6.31. The average molecular weight is 298 g/mol. The molecule has 2 aromatic carbocycles. The standard InChI is InChI=1S/C19H23FN2/c20-18-10-8-17(9-11-18)19(21,15-22-12-4-5-13-22)14-16-6-2-1-3-7-16/h1-3,6-11H,4-5,12-15,21H2. The summed E-state index contributed by atoms with van der Waals surface area (Å²) in [5.41, 5.74) is 8.55. The summed E-state index contributed by atoms with van der Waals surface area (Å²) in [5, 5.41) is 0. The van der Waals surface area contributed by atoms with Gasteiger partial charge < -0.3 is 10.6 Å². The number of nitrogens with two attached hydrogens (primary N) is 1. The topological polar surface area (TPSA) is 29.3 Å². The van der Waals surface area contributed by atoms with E-state index >= 15 is 0 Å². The SMILES string of the molecule is NC(Cc1ccccc1)(CN1CCCC1)c1ccc(F)cc1. The van der Waals surface area contributed by atoms with Gasteiger partial charge >= 0.3 is 0 Å². The van der Waals surface area contributed by atoms with E-state index in [1.54, 1.807) is 0 Å². The molecule has 0 radical (unpaired) electrons. The molecular formula is C19H23FN2. The summed E-state index contributed by atoms with van der Waals surface area (Å²) < 4.78 is 13.3. The highest BCUT2D eigenvalue weighted by molar-refractivity contribution is 5.29. The average Bonchev–Trinajstić information content (AvgIpc) is 3.01. The van der Waals surface area contributed by atoms with Crippen LogP contribution < -0.4 is 5.73 Å². The van der Waals surface area contributed by atoms with Crippen molar-refractivity contribution in [3.8, 4) is 0 Å². The van der Waals surface area contributed by atoms with Gasteiger partial charge in [0.15, 0.2) is 0 Å². The summed E-state index contributed by atoms with van der Waals surface area (Å²) in [6, 6.07) is 17.0. The monoisotopic (exact) mass is 298 g/mol. The first-order valence-corrected chi connectivity index (χ1v) is 7.97. The van der Waals surface area contributed by atoms with Crippen LogP contribution in [-0.2, 0) is 12.0 Å². The minimum atomic E-state index is -0.487. The lowest BCUT2D eigenvalue weighted by molar-refractivity contribution is 0.245. The molecule has 0 aliphatic carbocycles. The third-order valence-electron chi connectivity index (χ3n) is 4.49. The minimum absolute atomic E-state index is 0.216. The number of benzene rings is 2. The first-order chi connectivity index (χ1) is 10.7. The van der Waals surface area contributed by atoms with E-state index < -0.39 is 5.54 Å². The smallest absolute Gasteiger partial charge is 0.123 e. The maximum atomic E-state index is 13.3. The Hall–Kier alpha value is -1.71. The van der Waals surface area contributed by atoms with Gasteiger partial charge in [-0.3, -0.25) is 0 Å². The normalized spacial score (nSPS) is 18.3. The molecule has 2 nitrogen and oxygen atoms in total. The summed E-state index contributed by atoms with van der Waals surface area (Å²) in [6.07, 6.45) is 3.24. The predicted molar refractivity (Wildman–Crippen MR) is 88.1 cm³/mol. The van der Waals surface area contributed by atoms with Crippen LogP contribution in [0.25, 0.3) is 0 Å². The molecule has 1 fully saturated rings. The van der Waals surface area contributed by atoms with E-state index in [-0.39, 0.29) is 5.82 Å². The van der Waals surface area contributed by atoms with Gasteiger partial charge in [0, 0.05) is 6.54 Å². The lowest BCUT2D eigenvalue weighted by Gasteiger charge is -2.34. The molecule has 0 amide bonds. The first kappa shape index (κ1) is 15.2. The Morgan fingerprint density at radius 1 is 0.955 bits per heavy atom. The molecule has 1 unspecified atom stereocenters. The van der Waals surface area contributed by atoms with Gasteiger partial charge in [-0.15, -0.1) is 0 Å². The van der Waals surface area contributed by atoms with E-state index in [0.29, 0.717) is 0 Å². The van der Waals surface area contributed by atoms with E-state index in [0.717, 1.165) is 31.6 Å². The second kappa shape index (κ2) is 6.59. The van der Waals surface area contributed by atoms with Crippen molar-refractivity contribution in [2.45, 2.75) is 24.8 Å². The third kappa shape index (κ3) is 3.54. The largest absolute Gasteiger partial charge is 0.320 e. The Bertz CT molecular complexity index is 591. The van der Waals surface area contributed by atoms with Crippen LogP contribution in [0.5, 0.6) is 0 Å². The van der Waals surface area contributed by atoms with Gasteiger partial charge in [0.05, 0.1) is 5.54 Å². The lowest BCUT2D eigenvalue weighted by atomic mass is 9.84. The fourth-order valence-corrected chi connectivity index (χ4v) is 3.33. The summed E-state index contributed by atoms with van der Waals surface area (Å²) in [7, 11) is 0. The molecule has 0 spiro atoms. The maximum Gasteiger partial charge on any atom is 0.123 e. The fourth-order valence-electron chi connectivity index (χ4n) is 3.33. The minimum Gasteiger partial charge on any atom is -0.320 e. The summed E-state index contributed by atoms with van der Waals surface area (Å²) in [5.74, 6) is -0.216. The molecule has 1 saturated heterocycles. The predicted octanol–water partition coefficient (Wildman–Crippen LogP) is 3.32. The van der Waals surface area contributed by atoms with Crippen LogP contribution in [0.4, 0.5) is 4.39 Å². The Morgan fingerprint density at radius 3 is 2.23 bits per heavy atom. The van der Waals surface area contributed by atoms with Crippen LogP contribution in [-0.4, -0.2) is 24.5 Å². The number of likely N-dealkylation sites (tertiary alicyclic amines) is 1. The highest BCUT2D eigenvalue weighted by Crippen LogP contribution is 2.26. The molecule has 1 heterocycles. The van der Waals surface area contributed by atoms with Crippen LogP contribution in [0, 0.1) is 5.82 Å². The van der Waals surface area contributed by atoms with E-state index in [2.05, 4.69) is 17.0 Å². The van der Waals surface area contributed by atoms with Crippen molar-refractivity contribution in [1.29, 1.82) is 0 Å². The summed E-state index contributed by atoms with van der Waals surface area (Å²) >= 11 is 0. The maximum absolute atomic E-state index is 13.3. The molecule has 1 aliphatic rings. The van der Waals surface area contributed by atoms with Gasteiger partial charge in [0.1, 0.15) is 5.82 Å². The molecule has 0 saturated carbocycles. The van der Waals surface area contributed by atoms with Gasteiger partial charge in [-0.2, -0.15) is 0 Å². The molecule has 1 atom stereocenters. The molecule has 0 aromatic heterocycles. The van der Waals surface area contributed by atoms with Crippen molar-refractivity contribution in [3.63, 3.8) is 0 Å². The van der Waals surface area contributed by atoms with Crippen LogP contribution in [0.1, 0.15) is 24.0 Å². The van der Waals surface area contributed by atoms with Gasteiger partial charge in [0.25, 0.3) is 0 Å². The molecule has 2 N–H and O–H groups in total. The zero-order chi connectivity index (χ0) is 15.4. The van der Waals surface area contributed by atoms with Gasteiger partial charge in [0.2, 0.25) is 0 Å². The molecule has 2 aromatic rings. The fraction of sp³-hybridized carbons (Fsp3) is 0.368. The molecule has 22 heavy (non-hydrogen) atoms. The number of hydrogen-bond donors (Lipinski definition) is 1. The number of hydrogen-bond acceptors (Lipinski definition) is 2. The Labute approximate surface area is 131 Å². The summed E-state index contributed by atoms with van der Waals surface area (Å²) in [4.78, 5) is 2.42. The third-order valence-corrected chi connectivity index (χ3v) is 4.49. The van der Waals surface area contributed by atoms with Crippen molar-refractivity contribution in [1.82, 2.24) is 4.90 Å². The molecule has 3 heteroatoms. The Morgan fingerprint density at radius 2 is 1.59 bits per heavy atom. The van der Waals surface area contributed by atoms with Crippen LogP contribution in [0.3, 0.4) is 0 Å². The number of rotatable bonds is 5. The number of halogens is 1. The van der Waals surface area contributed by atoms with Crippen LogP contribution in [0.15, 0.2) is 54.6 Å². The molecule has 3 rings (SSSR count). The number of nitrogens with zero attached hydrogens (tertiary/aromatic N) is 1. The zero-order valence-corrected chi connectivity index (χ0v) is 12.8. The highest BCUT2D eigenvalue weighted by atomic mass is 19.1. The first-order valence-electron chi connectivity index (χ1n) is 7.97. The quantitative estimate of drug-likeness (QED) is 0.917. The van der Waals surface area contributed by atoms with E-state index in [1.165, 1.54) is 30.5 Å². The molecule has 1 aliphatic heterocycles.